The van der Waals surface area contributed by atoms with Gasteiger partial charge in [-0.3, -0.25) is 0 Å². The molecule has 1 N–H and O–H groups in total. The molecule has 2 aromatic heterocycles. The van der Waals surface area contributed by atoms with Gasteiger partial charge in [0.25, 0.3) is 0 Å². The number of hydrogen-bond acceptors (Lipinski definition) is 3. The molecule has 4 aromatic rings. The fourth-order valence-corrected chi connectivity index (χ4v) is 3.01. The van der Waals surface area contributed by atoms with Crippen LogP contribution in [-0.4, -0.2) is 14.6 Å². The van der Waals surface area contributed by atoms with Crippen molar-refractivity contribution in [1.82, 2.24) is 14.6 Å². The van der Waals surface area contributed by atoms with Gasteiger partial charge in [0.05, 0.1) is 6.20 Å². The molecule has 2 aromatic carbocycles. The molecule has 0 radical (unpaired) electrons. The van der Waals surface area contributed by atoms with E-state index in [4.69, 9.17) is 4.98 Å². The van der Waals surface area contributed by atoms with Crippen molar-refractivity contribution in [2.24, 2.45) is 0 Å². The van der Waals surface area contributed by atoms with Crippen LogP contribution in [0.2, 0.25) is 0 Å². The second-order valence-corrected chi connectivity index (χ2v) is 6.72. The highest BCUT2D eigenvalue weighted by Gasteiger charge is 2.14. The van der Waals surface area contributed by atoms with E-state index in [2.05, 4.69) is 66.7 Å². The first kappa shape index (κ1) is 16.3. The minimum absolute atomic E-state index is 0.343. The third-order valence-corrected chi connectivity index (χ3v) is 4.48. The van der Waals surface area contributed by atoms with Crippen molar-refractivity contribution < 1.29 is 0 Å². The second kappa shape index (κ2) is 7.00. The molecule has 0 aliphatic carbocycles. The molecule has 0 aliphatic heterocycles. The third-order valence-electron chi connectivity index (χ3n) is 4.48. The van der Waals surface area contributed by atoms with E-state index in [0.29, 0.717) is 5.92 Å². The monoisotopic (exact) mass is 342 g/mol. The molecule has 130 valence electrons. The van der Waals surface area contributed by atoms with Crippen LogP contribution in [0.4, 0.5) is 5.82 Å². The Hall–Kier alpha value is -3.14. The molecule has 0 amide bonds. The van der Waals surface area contributed by atoms with Crippen LogP contribution < -0.4 is 5.32 Å². The third kappa shape index (κ3) is 3.18. The zero-order valence-electron chi connectivity index (χ0n) is 15.1. The van der Waals surface area contributed by atoms with Gasteiger partial charge in [0.1, 0.15) is 5.82 Å². The van der Waals surface area contributed by atoms with Crippen LogP contribution in [0.15, 0.2) is 72.9 Å². The van der Waals surface area contributed by atoms with E-state index >= 15 is 0 Å². The molecule has 4 heteroatoms. The summed E-state index contributed by atoms with van der Waals surface area (Å²) in [6.45, 7) is 5.08. The fraction of sp³-hybridized carbons (Fsp3) is 0.182. The van der Waals surface area contributed by atoms with Gasteiger partial charge < -0.3 is 5.32 Å². The van der Waals surface area contributed by atoms with E-state index in [1.807, 2.05) is 35.0 Å². The molecular weight excluding hydrogens is 320 g/mol. The molecule has 4 nitrogen and oxygen atoms in total. The van der Waals surface area contributed by atoms with Crippen LogP contribution in [0.3, 0.4) is 0 Å². The quantitative estimate of drug-likeness (QED) is 0.546. The summed E-state index contributed by atoms with van der Waals surface area (Å²) >= 11 is 0. The van der Waals surface area contributed by atoms with Gasteiger partial charge in [-0.25, -0.2) is 4.98 Å². The summed E-state index contributed by atoms with van der Waals surface area (Å²) in [7, 11) is 0. The van der Waals surface area contributed by atoms with Gasteiger partial charge in [-0.15, -0.1) is 0 Å². The minimum Gasteiger partial charge on any atom is -0.366 e. The van der Waals surface area contributed by atoms with Gasteiger partial charge in [0, 0.05) is 23.9 Å². The summed E-state index contributed by atoms with van der Waals surface area (Å²) in [5.74, 6) is 1.31. The average Bonchev–Trinajstić information content (AvgIpc) is 3.11. The second-order valence-electron chi connectivity index (χ2n) is 6.72. The fourth-order valence-electron chi connectivity index (χ4n) is 3.01. The number of nitrogens with one attached hydrogen (secondary N) is 1. The van der Waals surface area contributed by atoms with Crippen molar-refractivity contribution in [1.29, 1.82) is 0 Å². The maximum Gasteiger partial charge on any atom is 0.165 e. The highest BCUT2D eigenvalue weighted by Crippen LogP contribution is 2.27. The van der Waals surface area contributed by atoms with Crippen molar-refractivity contribution in [2.75, 3.05) is 5.32 Å². The zero-order valence-corrected chi connectivity index (χ0v) is 15.1. The molecule has 0 saturated carbocycles. The number of anilines is 1. The van der Waals surface area contributed by atoms with E-state index < -0.39 is 0 Å². The average molecular weight is 342 g/mol. The lowest BCUT2D eigenvalue weighted by Crippen LogP contribution is -2.08. The molecule has 2 heterocycles. The molecule has 0 aliphatic rings. The normalized spacial score (nSPS) is 11.2. The number of rotatable bonds is 5. The molecule has 0 bridgehead atoms. The number of aromatic nitrogens is 3. The molecular formula is C22H22N4. The Balaban J connectivity index is 1.78. The lowest BCUT2D eigenvalue weighted by molar-refractivity contribution is 0.808. The Morgan fingerprint density at radius 3 is 2.35 bits per heavy atom. The summed E-state index contributed by atoms with van der Waals surface area (Å²) in [5.41, 5.74) is 5.36. The lowest BCUT2D eigenvalue weighted by atomic mass is 10.1. The van der Waals surface area contributed by atoms with Crippen LogP contribution in [0.25, 0.3) is 16.8 Å². The van der Waals surface area contributed by atoms with Crippen molar-refractivity contribution in [2.45, 2.75) is 26.3 Å². The van der Waals surface area contributed by atoms with Gasteiger partial charge in [-0.1, -0.05) is 74.5 Å². The zero-order chi connectivity index (χ0) is 17.9. The molecule has 4 rings (SSSR count). The standard InChI is InChI=1S/C22H22N4/c1-16(2)20-13-21(23-14-17-9-5-3-6-10-17)26-22(25-20)19(15-24-26)18-11-7-4-8-12-18/h3-13,15-16,23H,14H2,1-2H3. The first-order chi connectivity index (χ1) is 12.7. The molecule has 0 spiro atoms. The van der Waals surface area contributed by atoms with Crippen LogP contribution in [-0.2, 0) is 6.54 Å². The van der Waals surface area contributed by atoms with E-state index in [-0.39, 0.29) is 0 Å². The van der Waals surface area contributed by atoms with Crippen LogP contribution in [0, 0.1) is 0 Å². The van der Waals surface area contributed by atoms with Gasteiger partial charge in [0.2, 0.25) is 0 Å². The largest absolute Gasteiger partial charge is 0.366 e. The Morgan fingerprint density at radius 2 is 1.65 bits per heavy atom. The molecule has 26 heavy (non-hydrogen) atoms. The highest BCUT2D eigenvalue weighted by atomic mass is 15.3. The van der Waals surface area contributed by atoms with Gasteiger partial charge in [-0.05, 0) is 17.0 Å². The van der Waals surface area contributed by atoms with E-state index in [0.717, 1.165) is 34.8 Å². The van der Waals surface area contributed by atoms with Gasteiger partial charge in [0.15, 0.2) is 5.65 Å². The Bertz CT molecular complexity index is 1000. The summed E-state index contributed by atoms with van der Waals surface area (Å²) < 4.78 is 1.90. The molecule has 0 unspecified atom stereocenters. The van der Waals surface area contributed by atoms with Crippen LogP contribution in [0.5, 0.6) is 0 Å². The van der Waals surface area contributed by atoms with Crippen molar-refractivity contribution >= 4 is 11.5 Å². The number of benzene rings is 2. The maximum absolute atomic E-state index is 4.89. The Morgan fingerprint density at radius 1 is 0.962 bits per heavy atom. The SMILES string of the molecule is CC(C)c1cc(NCc2ccccc2)n2ncc(-c3ccccc3)c2n1. The number of hydrogen-bond donors (Lipinski definition) is 1. The van der Waals surface area contributed by atoms with Crippen LogP contribution >= 0.6 is 0 Å². The first-order valence-corrected chi connectivity index (χ1v) is 8.94. The van der Waals surface area contributed by atoms with Gasteiger partial charge >= 0.3 is 0 Å². The van der Waals surface area contributed by atoms with E-state index in [1.54, 1.807) is 0 Å². The summed E-state index contributed by atoms with van der Waals surface area (Å²) in [6, 6.07) is 22.8. The predicted octanol–water partition coefficient (Wildman–Crippen LogP) is 5.13. The number of fused-ring (bicyclic) bond motifs is 1. The smallest absolute Gasteiger partial charge is 0.165 e. The van der Waals surface area contributed by atoms with Crippen molar-refractivity contribution in [3.8, 4) is 11.1 Å². The lowest BCUT2D eigenvalue weighted by Gasteiger charge is -2.13. The topological polar surface area (TPSA) is 42.2 Å². The predicted molar refractivity (Wildman–Crippen MR) is 106 cm³/mol. The number of nitrogens with zero attached hydrogens (tertiary/aromatic N) is 3. The molecule has 0 atom stereocenters. The summed E-state index contributed by atoms with van der Waals surface area (Å²) in [5, 5.41) is 8.12. The summed E-state index contributed by atoms with van der Waals surface area (Å²) in [4.78, 5) is 4.89. The molecule has 0 saturated heterocycles. The van der Waals surface area contributed by atoms with E-state index in [9.17, 15) is 0 Å². The first-order valence-electron chi connectivity index (χ1n) is 8.94. The molecule has 0 fully saturated rings. The Kier molecular flexibility index (Phi) is 4.40. The van der Waals surface area contributed by atoms with Crippen molar-refractivity contribution in [3.63, 3.8) is 0 Å². The summed E-state index contributed by atoms with van der Waals surface area (Å²) in [6.07, 6.45) is 1.90. The van der Waals surface area contributed by atoms with Gasteiger partial charge in [-0.2, -0.15) is 9.61 Å². The van der Waals surface area contributed by atoms with Crippen molar-refractivity contribution in [3.05, 3.63) is 84.2 Å². The minimum atomic E-state index is 0.343. The maximum atomic E-state index is 4.89. The Labute approximate surface area is 153 Å². The highest BCUT2D eigenvalue weighted by molar-refractivity contribution is 5.78. The van der Waals surface area contributed by atoms with E-state index in [1.165, 1.54) is 5.56 Å². The van der Waals surface area contributed by atoms with Crippen LogP contribution in [0.1, 0.15) is 31.0 Å².